The van der Waals surface area contributed by atoms with Crippen LogP contribution in [0.1, 0.15) is 104 Å². The summed E-state index contributed by atoms with van der Waals surface area (Å²) in [4.78, 5) is 50.1. The third-order valence-corrected chi connectivity index (χ3v) is 6.72. The maximum Gasteiger partial charge on any atom is 0.513 e. The summed E-state index contributed by atoms with van der Waals surface area (Å²) in [7, 11) is 0. The van der Waals surface area contributed by atoms with Gasteiger partial charge < -0.3 is 33.5 Å². The molecule has 242 valence electrons. The van der Waals surface area contributed by atoms with Crippen LogP contribution in [0.25, 0.3) is 0 Å². The zero-order chi connectivity index (χ0) is 31.7. The van der Waals surface area contributed by atoms with Crippen LogP contribution >= 0.6 is 0 Å². The monoisotopic (exact) mass is 609 g/mol. The Bertz CT molecular complexity index is 1040. The van der Waals surface area contributed by atoms with E-state index >= 15 is 0 Å². The van der Waals surface area contributed by atoms with Gasteiger partial charge in [-0.3, -0.25) is 5.32 Å². The molecule has 0 saturated heterocycles. The molecular formula is C31H47NO11. The minimum absolute atomic E-state index is 0.134. The molecule has 1 aliphatic rings. The zero-order valence-electron chi connectivity index (χ0n) is 25.8. The molecule has 1 aliphatic carbocycles. The Morgan fingerprint density at radius 1 is 0.860 bits per heavy atom. The second-order valence-electron chi connectivity index (χ2n) is 10.9. The normalized spacial score (nSPS) is 14.8. The lowest BCUT2D eigenvalue weighted by Gasteiger charge is -2.32. The summed E-state index contributed by atoms with van der Waals surface area (Å²) in [5, 5.41) is 13.1. The van der Waals surface area contributed by atoms with Crippen molar-refractivity contribution in [1.29, 1.82) is 0 Å². The molecule has 1 aromatic rings. The van der Waals surface area contributed by atoms with Crippen LogP contribution in [0.3, 0.4) is 0 Å². The molecule has 0 bridgehead atoms. The molecule has 12 heteroatoms. The SMILES string of the molecule is CCCCCOC(=O)Oc1ccc(C[C@](NC(C)C)(OC(=O)OC2CCCCC2)C(=O)O)cc1OC(=O)OCCCCC. The number of carboxylic acid groups (broad SMARTS) is 1. The van der Waals surface area contributed by atoms with Crippen molar-refractivity contribution in [1.82, 2.24) is 5.32 Å². The molecular weight excluding hydrogens is 562 g/mol. The topological polar surface area (TPSA) is 156 Å². The van der Waals surface area contributed by atoms with Crippen LogP contribution in [-0.2, 0) is 30.2 Å². The highest BCUT2D eigenvalue weighted by Crippen LogP contribution is 2.32. The Balaban J connectivity index is 2.30. The quantitative estimate of drug-likeness (QED) is 0.0620. The van der Waals surface area contributed by atoms with Crippen LogP contribution in [0, 0.1) is 0 Å². The van der Waals surface area contributed by atoms with Crippen LogP contribution in [-0.4, -0.2) is 60.6 Å². The molecule has 0 spiro atoms. The number of carbonyl (C=O) groups excluding carboxylic acids is 3. The Morgan fingerprint density at radius 2 is 1.44 bits per heavy atom. The Labute approximate surface area is 253 Å². The average molecular weight is 610 g/mol. The summed E-state index contributed by atoms with van der Waals surface area (Å²) >= 11 is 0. The van der Waals surface area contributed by atoms with Gasteiger partial charge >= 0.3 is 24.4 Å². The predicted octanol–water partition coefficient (Wildman–Crippen LogP) is 6.91. The average Bonchev–Trinajstić information content (AvgIpc) is 2.95. The van der Waals surface area contributed by atoms with E-state index in [1.54, 1.807) is 13.8 Å². The van der Waals surface area contributed by atoms with Gasteiger partial charge in [0.1, 0.15) is 6.10 Å². The number of nitrogens with one attached hydrogen (secondary N) is 1. The molecule has 0 radical (unpaired) electrons. The predicted molar refractivity (Wildman–Crippen MR) is 156 cm³/mol. The van der Waals surface area contributed by atoms with Gasteiger partial charge in [0, 0.05) is 12.5 Å². The van der Waals surface area contributed by atoms with Crippen molar-refractivity contribution in [2.45, 2.75) is 123 Å². The smallest absolute Gasteiger partial charge is 0.477 e. The van der Waals surface area contributed by atoms with Gasteiger partial charge in [-0.05, 0) is 70.1 Å². The first-order chi connectivity index (χ1) is 20.6. The lowest BCUT2D eigenvalue weighted by Crippen LogP contribution is -2.59. The molecule has 0 unspecified atom stereocenters. The Hall–Kier alpha value is -3.54. The summed E-state index contributed by atoms with van der Waals surface area (Å²) in [6.07, 6.45) is 5.38. The molecule has 0 amide bonds. The maximum atomic E-state index is 12.8. The summed E-state index contributed by atoms with van der Waals surface area (Å²) in [5.41, 5.74) is -1.92. The van der Waals surface area contributed by atoms with Crippen molar-refractivity contribution in [3.05, 3.63) is 23.8 Å². The lowest BCUT2D eigenvalue weighted by atomic mass is 9.98. The highest BCUT2D eigenvalue weighted by atomic mass is 16.8. The van der Waals surface area contributed by atoms with E-state index in [-0.39, 0.29) is 37.2 Å². The first-order valence-electron chi connectivity index (χ1n) is 15.3. The van der Waals surface area contributed by atoms with Crippen molar-refractivity contribution in [3.8, 4) is 11.5 Å². The molecule has 43 heavy (non-hydrogen) atoms. The van der Waals surface area contributed by atoms with Crippen molar-refractivity contribution in [3.63, 3.8) is 0 Å². The minimum Gasteiger partial charge on any atom is -0.477 e. The fraction of sp³-hybridized carbons (Fsp3) is 0.677. The van der Waals surface area contributed by atoms with Gasteiger partial charge in [-0.25, -0.2) is 19.2 Å². The van der Waals surface area contributed by atoms with E-state index in [0.29, 0.717) is 31.2 Å². The molecule has 1 fully saturated rings. The first-order valence-corrected chi connectivity index (χ1v) is 15.3. The van der Waals surface area contributed by atoms with E-state index in [2.05, 4.69) is 5.32 Å². The Kier molecular flexibility index (Phi) is 15.7. The molecule has 2 rings (SSSR count). The van der Waals surface area contributed by atoms with Gasteiger partial charge in [0.25, 0.3) is 5.72 Å². The van der Waals surface area contributed by atoms with Gasteiger partial charge in [-0.15, -0.1) is 0 Å². The summed E-state index contributed by atoms with van der Waals surface area (Å²) in [6.45, 7) is 7.75. The summed E-state index contributed by atoms with van der Waals surface area (Å²) in [5.74, 6) is -1.78. The van der Waals surface area contributed by atoms with Crippen LogP contribution in [0.4, 0.5) is 14.4 Å². The molecule has 1 aromatic carbocycles. The van der Waals surface area contributed by atoms with Gasteiger partial charge in [0.2, 0.25) is 0 Å². The number of hydrogen-bond donors (Lipinski definition) is 2. The van der Waals surface area contributed by atoms with E-state index in [1.807, 2.05) is 13.8 Å². The third kappa shape index (κ3) is 13.1. The summed E-state index contributed by atoms with van der Waals surface area (Å²) < 4.78 is 31.8. The molecule has 1 atom stereocenters. The van der Waals surface area contributed by atoms with Crippen LogP contribution in [0.2, 0.25) is 0 Å². The molecule has 1 saturated carbocycles. The van der Waals surface area contributed by atoms with Crippen molar-refractivity contribution < 1.29 is 52.7 Å². The van der Waals surface area contributed by atoms with E-state index < -0.39 is 36.2 Å². The highest BCUT2D eigenvalue weighted by Gasteiger charge is 2.45. The van der Waals surface area contributed by atoms with Gasteiger partial charge in [0.05, 0.1) is 13.2 Å². The number of ether oxygens (including phenoxy) is 6. The van der Waals surface area contributed by atoms with Crippen molar-refractivity contribution in [2.75, 3.05) is 13.2 Å². The molecule has 0 aromatic heterocycles. The van der Waals surface area contributed by atoms with Crippen molar-refractivity contribution >= 4 is 24.4 Å². The summed E-state index contributed by atoms with van der Waals surface area (Å²) in [6, 6.07) is 3.72. The number of carboxylic acids is 1. The fourth-order valence-electron chi connectivity index (χ4n) is 4.62. The van der Waals surface area contributed by atoms with Gasteiger partial charge in [0.15, 0.2) is 11.5 Å². The lowest BCUT2D eigenvalue weighted by molar-refractivity contribution is -0.168. The highest BCUT2D eigenvalue weighted by molar-refractivity contribution is 5.80. The second-order valence-corrected chi connectivity index (χ2v) is 10.9. The van der Waals surface area contributed by atoms with E-state index in [0.717, 1.165) is 44.9 Å². The number of hydrogen-bond acceptors (Lipinski definition) is 11. The number of unbranched alkanes of at least 4 members (excludes halogenated alkanes) is 4. The number of benzene rings is 1. The van der Waals surface area contributed by atoms with Crippen LogP contribution < -0.4 is 14.8 Å². The molecule has 12 nitrogen and oxygen atoms in total. The number of rotatable bonds is 17. The molecule has 0 heterocycles. The van der Waals surface area contributed by atoms with Crippen LogP contribution in [0.15, 0.2) is 18.2 Å². The van der Waals surface area contributed by atoms with Crippen LogP contribution in [0.5, 0.6) is 11.5 Å². The maximum absolute atomic E-state index is 12.8. The zero-order valence-corrected chi connectivity index (χ0v) is 25.8. The third-order valence-electron chi connectivity index (χ3n) is 6.72. The van der Waals surface area contributed by atoms with E-state index in [9.17, 15) is 24.3 Å². The van der Waals surface area contributed by atoms with E-state index in [1.165, 1.54) is 18.2 Å². The standard InChI is InChI=1S/C31H47NO11/c1-5-7-12-18-38-28(35)41-25-17-16-23(20-26(25)42-29(36)39-19-13-8-6-2)21-31(27(33)34,32-22(3)4)43-30(37)40-24-14-10-9-11-15-24/h16-17,20,22,24,32H,5-15,18-19,21H2,1-4H3,(H,33,34)/t31-/m0/s1. The Morgan fingerprint density at radius 3 is 1.98 bits per heavy atom. The number of carbonyl (C=O) groups is 4. The van der Waals surface area contributed by atoms with Gasteiger partial charge in [-0.2, -0.15) is 0 Å². The largest absolute Gasteiger partial charge is 0.513 e. The second kappa shape index (κ2) is 18.9. The molecule has 2 N–H and O–H groups in total. The fourth-order valence-corrected chi connectivity index (χ4v) is 4.62. The van der Waals surface area contributed by atoms with Gasteiger partial charge in [-0.1, -0.05) is 52.0 Å². The van der Waals surface area contributed by atoms with Crippen molar-refractivity contribution in [2.24, 2.45) is 0 Å². The minimum atomic E-state index is -2.21. The molecule has 0 aliphatic heterocycles. The van der Waals surface area contributed by atoms with E-state index in [4.69, 9.17) is 28.4 Å². The number of aliphatic carboxylic acids is 1. The first kappa shape index (κ1) is 35.7.